The van der Waals surface area contributed by atoms with E-state index >= 15 is 0 Å². The van der Waals surface area contributed by atoms with Gasteiger partial charge in [0.05, 0.1) is 0 Å². The number of hydrogen-bond donors (Lipinski definition) is 1. The molecule has 0 radical (unpaired) electrons. The summed E-state index contributed by atoms with van der Waals surface area (Å²) in [4.78, 5) is 37.5. The zero-order valence-corrected chi connectivity index (χ0v) is 11.8. The largest absolute Gasteiger partial charge is 0.338 e. The van der Waals surface area contributed by atoms with E-state index in [1.165, 1.54) is 12.6 Å². The van der Waals surface area contributed by atoms with Crippen molar-refractivity contribution in [3.8, 4) is 0 Å². The summed E-state index contributed by atoms with van der Waals surface area (Å²) in [6.45, 7) is 1.18. The van der Waals surface area contributed by atoms with Crippen LogP contribution in [0, 0.1) is 5.92 Å². The molecule has 6 heteroatoms. The molecule has 21 heavy (non-hydrogen) atoms. The van der Waals surface area contributed by atoms with Crippen LogP contribution < -0.4 is 5.43 Å². The van der Waals surface area contributed by atoms with Crippen LogP contribution in [0.25, 0.3) is 0 Å². The van der Waals surface area contributed by atoms with Gasteiger partial charge in [-0.15, -0.1) is 0 Å². The quantitative estimate of drug-likeness (QED) is 0.783. The smallest absolute Gasteiger partial charge is 0.253 e. The topological polar surface area (TPSA) is 69.7 Å². The normalized spacial score (nSPS) is 21.3. The van der Waals surface area contributed by atoms with Gasteiger partial charge in [-0.1, -0.05) is 24.3 Å². The first-order valence-electron chi connectivity index (χ1n) is 6.99. The highest BCUT2D eigenvalue weighted by molar-refractivity contribution is 6.07. The van der Waals surface area contributed by atoms with Gasteiger partial charge in [0.2, 0.25) is 5.91 Å². The summed E-state index contributed by atoms with van der Waals surface area (Å²) < 4.78 is 0. The first kappa shape index (κ1) is 13.6. The van der Waals surface area contributed by atoms with Crippen LogP contribution in [0.1, 0.15) is 17.5 Å². The molecule has 1 fully saturated rings. The first-order chi connectivity index (χ1) is 10.1. The fourth-order valence-electron chi connectivity index (χ4n) is 2.84. The number of carbonyl (C=O) groups is 3. The standard InChI is InChI=1S/C15H17N3O3/c1-17-15(21)12(14(20)16-17)8-13(19)18-7-6-10-4-2-3-5-11(10)9-18/h2-5,12H,6-9H2,1H3,(H,16,20). The third-order valence-electron chi connectivity index (χ3n) is 4.09. The summed E-state index contributed by atoms with van der Waals surface area (Å²) >= 11 is 0. The van der Waals surface area contributed by atoms with Gasteiger partial charge >= 0.3 is 0 Å². The van der Waals surface area contributed by atoms with Gasteiger partial charge in [0.1, 0.15) is 5.92 Å². The zero-order chi connectivity index (χ0) is 15.0. The minimum absolute atomic E-state index is 0.0584. The number of rotatable bonds is 2. The molecule has 3 amide bonds. The number of nitrogens with one attached hydrogen (secondary N) is 1. The molecule has 0 spiro atoms. The predicted molar refractivity (Wildman–Crippen MR) is 74.6 cm³/mol. The Kier molecular flexibility index (Phi) is 3.37. The maximum atomic E-state index is 12.3. The number of hydrazine groups is 1. The van der Waals surface area contributed by atoms with Crippen molar-refractivity contribution in [2.24, 2.45) is 5.92 Å². The van der Waals surface area contributed by atoms with Gasteiger partial charge in [-0.3, -0.25) is 24.8 Å². The molecular formula is C15H17N3O3. The SMILES string of the molecule is CN1NC(=O)C(CC(=O)N2CCc3ccccc3C2)C1=O. The van der Waals surface area contributed by atoms with Crippen molar-refractivity contribution in [2.45, 2.75) is 19.4 Å². The highest BCUT2D eigenvalue weighted by Crippen LogP contribution is 2.21. The average Bonchev–Trinajstić information content (AvgIpc) is 2.73. The fourth-order valence-corrected chi connectivity index (χ4v) is 2.84. The van der Waals surface area contributed by atoms with E-state index < -0.39 is 11.8 Å². The first-order valence-corrected chi connectivity index (χ1v) is 6.99. The number of nitrogens with zero attached hydrogens (tertiary/aromatic N) is 2. The van der Waals surface area contributed by atoms with Crippen LogP contribution in [0.5, 0.6) is 0 Å². The van der Waals surface area contributed by atoms with Gasteiger partial charge in [0, 0.05) is 26.6 Å². The van der Waals surface area contributed by atoms with Crippen LogP contribution >= 0.6 is 0 Å². The molecule has 1 aromatic rings. The second-order valence-corrected chi connectivity index (χ2v) is 5.46. The van der Waals surface area contributed by atoms with Gasteiger partial charge in [-0.05, 0) is 17.5 Å². The molecule has 0 saturated carbocycles. The van der Waals surface area contributed by atoms with E-state index in [0.717, 1.165) is 17.0 Å². The van der Waals surface area contributed by atoms with Crippen molar-refractivity contribution >= 4 is 17.7 Å². The van der Waals surface area contributed by atoms with E-state index in [1.54, 1.807) is 4.90 Å². The van der Waals surface area contributed by atoms with Crippen LogP contribution in [0.4, 0.5) is 0 Å². The Morgan fingerprint density at radius 3 is 2.67 bits per heavy atom. The summed E-state index contributed by atoms with van der Waals surface area (Å²) in [5.41, 5.74) is 4.81. The third-order valence-corrected chi connectivity index (χ3v) is 4.09. The third kappa shape index (κ3) is 2.49. The van der Waals surface area contributed by atoms with E-state index in [4.69, 9.17) is 0 Å². The summed E-state index contributed by atoms with van der Waals surface area (Å²) in [5.74, 6) is -1.77. The highest BCUT2D eigenvalue weighted by Gasteiger charge is 2.39. The maximum Gasteiger partial charge on any atom is 0.253 e. The highest BCUT2D eigenvalue weighted by atomic mass is 16.2. The van der Waals surface area contributed by atoms with Crippen LogP contribution in [-0.2, 0) is 27.3 Å². The van der Waals surface area contributed by atoms with Crippen LogP contribution in [0.3, 0.4) is 0 Å². The number of benzene rings is 1. The summed E-state index contributed by atoms with van der Waals surface area (Å²) in [6, 6.07) is 8.03. The molecule has 0 aromatic heterocycles. The minimum atomic E-state index is -0.889. The molecule has 0 aliphatic carbocycles. The molecule has 1 unspecified atom stereocenters. The summed E-state index contributed by atoms with van der Waals surface area (Å²) in [7, 11) is 1.49. The van der Waals surface area contributed by atoms with E-state index in [-0.39, 0.29) is 18.2 Å². The molecule has 0 bridgehead atoms. The number of carbonyl (C=O) groups excluding carboxylic acids is 3. The summed E-state index contributed by atoms with van der Waals surface area (Å²) in [5, 5.41) is 1.14. The lowest BCUT2D eigenvalue weighted by atomic mass is 9.98. The van der Waals surface area contributed by atoms with E-state index in [0.29, 0.717) is 13.1 Å². The number of fused-ring (bicyclic) bond motifs is 1. The molecule has 3 rings (SSSR count). The summed E-state index contributed by atoms with van der Waals surface area (Å²) in [6.07, 6.45) is 0.754. The number of amides is 3. The molecule has 2 aliphatic heterocycles. The van der Waals surface area contributed by atoms with E-state index in [1.807, 2.05) is 18.2 Å². The Morgan fingerprint density at radius 2 is 2.00 bits per heavy atom. The number of hydrogen-bond acceptors (Lipinski definition) is 3. The Labute approximate surface area is 122 Å². The lowest BCUT2D eigenvalue weighted by Crippen LogP contribution is -2.38. The van der Waals surface area contributed by atoms with Crippen LogP contribution in [0.15, 0.2) is 24.3 Å². The van der Waals surface area contributed by atoms with Gasteiger partial charge in [0.25, 0.3) is 11.8 Å². The Morgan fingerprint density at radius 1 is 1.29 bits per heavy atom. The van der Waals surface area contributed by atoms with Gasteiger partial charge < -0.3 is 4.90 Å². The van der Waals surface area contributed by atoms with Gasteiger partial charge in [-0.25, -0.2) is 0 Å². The second kappa shape index (κ2) is 5.20. The lowest BCUT2D eigenvalue weighted by Gasteiger charge is -2.29. The maximum absolute atomic E-state index is 12.3. The Bertz CT molecular complexity index is 614. The van der Waals surface area contributed by atoms with Gasteiger partial charge in [0.15, 0.2) is 0 Å². The Hall–Kier alpha value is -2.37. The lowest BCUT2D eigenvalue weighted by molar-refractivity contribution is -0.140. The average molecular weight is 287 g/mol. The molecule has 6 nitrogen and oxygen atoms in total. The molecule has 2 aliphatic rings. The van der Waals surface area contributed by atoms with Crippen LogP contribution in [-0.4, -0.2) is 41.2 Å². The molecule has 1 aromatic carbocycles. The second-order valence-electron chi connectivity index (χ2n) is 5.46. The van der Waals surface area contributed by atoms with Crippen molar-refractivity contribution in [3.63, 3.8) is 0 Å². The van der Waals surface area contributed by atoms with Crippen molar-refractivity contribution in [1.29, 1.82) is 0 Å². The molecule has 2 heterocycles. The molecule has 1 N–H and O–H groups in total. The predicted octanol–water partition coefficient (Wildman–Crippen LogP) is 0.0808. The monoisotopic (exact) mass is 287 g/mol. The van der Waals surface area contributed by atoms with E-state index in [2.05, 4.69) is 11.5 Å². The molecule has 110 valence electrons. The molecule has 1 saturated heterocycles. The fraction of sp³-hybridized carbons (Fsp3) is 0.400. The Balaban J connectivity index is 1.67. The van der Waals surface area contributed by atoms with Gasteiger partial charge in [-0.2, -0.15) is 0 Å². The van der Waals surface area contributed by atoms with Crippen molar-refractivity contribution in [3.05, 3.63) is 35.4 Å². The van der Waals surface area contributed by atoms with Crippen LogP contribution in [0.2, 0.25) is 0 Å². The van der Waals surface area contributed by atoms with Crippen molar-refractivity contribution in [1.82, 2.24) is 15.3 Å². The van der Waals surface area contributed by atoms with E-state index in [9.17, 15) is 14.4 Å². The molecular weight excluding hydrogens is 270 g/mol. The zero-order valence-electron chi connectivity index (χ0n) is 11.8. The van der Waals surface area contributed by atoms with Crippen molar-refractivity contribution < 1.29 is 14.4 Å². The molecule has 1 atom stereocenters. The van der Waals surface area contributed by atoms with Crippen molar-refractivity contribution in [2.75, 3.05) is 13.6 Å². The minimum Gasteiger partial charge on any atom is -0.338 e.